The first-order chi connectivity index (χ1) is 7.63. The molecule has 0 aromatic carbocycles. The molecule has 0 aliphatic rings. The largest absolute Gasteiger partial charge is 0.393 e. The number of aromatic nitrogens is 1. The predicted octanol–water partition coefficient (Wildman–Crippen LogP) is 2.40. The van der Waals surface area contributed by atoms with Crippen LogP contribution in [0.15, 0.2) is 0 Å². The molecule has 0 aliphatic carbocycles. The van der Waals surface area contributed by atoms with E-state index in [-0.39, 0.29) is 6.10 Å². The Morgan fingerprint density at radius 2 is 2.19 bits per heavy atom. The van der Waals surface area contributed by atoms with Crippen molar-refractivity contribution < 1.29 is 5.11 Å². The number of aliphatic hydroxyl groups is 1. The molecule has 16 heavy (non-hydrogen) atoms. The highest BCUT2D eigenvalue weighted by molar-refractivity contribution is 7.11. The molecule has 0 radical (unpaired) electrons. The van der Waals surface area contributed by atoms with Gasteiger partial charge in [-0.1, -0.05) is 6.92 Å². The van der Waals surface area contributed by atoms with E-state index in [9.17, 15) is 5.11 Å². The normalized spacial score (nSPS) is 13.0. The lowest BCUT2D eigenvalue weighted by Gasteiger charge is -2.07. The number of thiazole rings is 1. The van der Waals surface area contributed by atoms with Crippen molar-refractivity contribution in [3.8, 4) is 0 Å². The third-order valence-corrected chi connectivity index (χ3v) is 3.72. The van der Waals surface area contributed by atoms with Crippen LogP contribution in [0, 0.1) is 13.8 Å². The molecular weight excluding hydrogens is 220 g/mol. The zero-order valence-corrected chi connectivity index (χ0v) is 11.2. The van der Waals surface area contributed by atoms with E-state index in [0.29, 0.717) is 0 Å². The number of rotatable bonds is 7. The van der Waals surface area contributed by atoms with Gasteiger partial charge < -0.3 is 10.4 Å². The average Bonchev–Trinajstić information content (AvgIpc) is 2.56. The molecular formula is C12H22N2OS. The molecule has 1 rings (SSSR count). The summed E-state index contributed by atoms with van der Waals surface area (Å²) in [7, 11) is 0. The van der Waals surface area contributed by atoms with Crippen LogP contribution in [0.3, 0.4) is 0 Å². The van der Waals surface area contributed by atoms with Gasteiger partial charge in [-0.2, -0.15) is 0 Å². The highest BCUT2D eigenvalue weighted by Gasteiger charge is 2.04. The van der Waals surface area contributed by atoms with Gasteiger partial charge in [-0.15, -0.1) is 11.3 Å². The monoisotopic (exact) mass is 242 g/mol. The Hall–Kier alpha value is -0.450. The van der Waals surface area contributed by atoms with Crippen molar-refractivity contribution in [2.24, 2.45) is 0 Å². The summed E-state index contributed by atoms with van der Waals surface area (Å²) in [4.78, 5) is 5.72. The van der Waals surface area contributed by atoms with Gasteiger partial charge in [0.2, 0.25) is 0 Å². The third kappa shape index (κ3) is 4.60. The summed E-state index contributed by atoms with van der Waals surface area (Å²) in [5.74, 6) is 0. The van der Waals surface area contributed by atoms with E-state index in [0.717, 1.165) is 43.1 Å². The molecule has 0 fully saturated rings. The molecule has 3 nitrogen and oxygen atoms in total. The molecule has 92 valence electrons. The summed E-state index contributed by atoms with van der Waals surface area (Å²) >= 11 is 1.76. The summed E-state index contributed by atoms with van der Waals surface area (Å²) in [6.45, 7) is 7.98. The van der Waals surface area contributed by atoms with Crippen molar-refractivity contribution in [1.29, 1.82) is 0 Å². The van der Waals surface area contributed by atoms with Crippen LogP contribution in [0.2, 0.25) is 0 Å². The minimum atomic E-state index is -0.130. The van der Waals surface area contributed by atoms with Crippen LogP contribution >= 0.6 is 11.3 Å². The second-order valence-corrected chi connectivity index (χ2v) is 5.41. The van der Waals surface area contributed by atoms with E-state index < -0.39 is 0 Å². The SMILES string of the molecule is CCC(O)CCCNCc1sc(C)nc1C. The number of nitrogens with zero attached hydrogens (tertiary/aromatic N) is 1. The third-order valence-electron chi connectivity index (χ3n) is 2.65. The van der Waals surface area contributed by atoms with Crippen LogP contribution in [0.25, 0.3) is 0 Å². The molecule has 2 N–H and O–H groups in total. The summed E-state index contributed by atoms with van der Waals surface area (Å²) in [6.07, 6.45) is 2.65. The lowest BCUT2D eigenvalue weighted by Crippen LogP contribution is -2.16. The van der Waals surface area contributed by atoms with Gasteiger partial charge in [0.25, 0.3) is 0 Å². The molecule has 0 aliphatic heterocycles. The zero-order chi connectivity index (χ0) is 12.0. The first-order valence-corrected chi connectivity index (χ1v) is 6.76. The number of nitrogens with one attached hydrogen (secondary N) is 1. The molecule has 0 amide bonds. The number of hydrogen-bond donors (Lipinski definition) is 2. The van der Waals surface area contributed by atoms with Crippen molar-refractivity contribution in [1.82, 2.24) is 10.3 Å². The Bertz CT molecular complexity index is 312. The van der Waals surface area contributed by atoms with Crippen LogP contribution in [0.1, 0.15) is 41.8 Å². The molecule has 0 spiro atoms. The Morgan fingerprint density at radius 3 is 2.75 bits per heavy atom. The topological polar surface area (TPSA) is 45.1 Å². The molecule has 0 bridgehead atoms. The first kappa shape index (κ1) is 13.6. The van der Waals surface area contributed by atoms with E-state index >= 15 is 0 Å². The maximum Gasteiger partial charge on any atom is 0.0900 e. The van der Waals surface area contributed by atoms with E-state index in [1.54, 1.807) is 11.3 Å². The maximum atomic E-state index is 9.39. The van der Waals surface area contributed by atoms with Gasteiger partial charge in [0.05, 0.1) is 16.8 Å². The van der Waals surface area contributed by atoms with Crippen LogP contribution in [-0.2, 0) is 6.54 Å². The van der Waals surface area contributed by atoms with E-state index in [2.05, 4.69) is 17.2 Å². The first-order valence-electron chi connectivity index (χ1n) is 5.95. The average molecular weight is 242 g/mol. The Labute approximate surface area is 102 Å². The van der Waals surface area contributed by atoms with Gasteiger partial charge >= 0.3 is 0 Å². The van der Waals surface area contributed by atoms with Gasteiger partial charge in [-0.3, -0.25) is 0 Å². The highest BCUT2D eigenvalue weighted by atomic mass is 32.1. The van der Waals surface area contributed by atoms with Crippen LogP contribution in [0.4, 0.5) is 0 Å². The number of aliphatic hydroxyl groups excluding tert-OH is 1. The van der Waals surface area contributed by atoms with Gasteiger partial charge in [0.15, 0.2) is 0 Å². The molecule has 1 unspecified atom stereocenters. The van der Waals surface area contributed by atoms with Crippen molar-refractivity contribution in [3.63, 3.8) is 0 Å². The fraction of sp³-hybridized carbons (Fsp3) is 0.750. The van der Waals surface area contributed by atoms with Crippen molar-refractivity contribution in [3.05, 3.63) is 15.6 Å². The standard InChI is InChI=1S/C12H22N2OS/c1-4-11(15)6-5-7-13-8-12-9(2)14-10(3)16-12/h11,13,15H,4-8H2,1-3H3. The van der Waals surface area contributed by atoms with Crippen molar-refractivity contribution >= 4 is 11.3 Å². The summed E-state index contributed by atoms with van der Waals surface area (Å²) in [6, 6.07) is 0. The fourth-order valence-electron chi connectivity index (χ4n) is 1.61. The van der Waals surface area contributed by atoms with Crippen LogP contribution < -0.4 is 5.32 Å². The Balaban J connectivity index is 2.14. The number of hydrogen-bond acceptors (Lipinski definition) is 4. The molecule has 0 saturated carbocycles. The molecule has 0 saturated heterocycles. The second-order valence-electron chi connectivity index (χ2n) is 4.12. The summed E-state index contributed by atoms with van der Waals surface area (Å²) in [5, 5.41) is 13.9. The minimum Gasteiger partial charge on any atom is -0.393 e. The lowest BCUT2D eigenvalue weighted by molar-refractivity contribution is 0.157. The van der Waals surface area contributed by atoms with Crippen LogP contribution in [0.5, 0.6) is 0 Å². The predicted molar refractivity (Wildman–Crippen MR) is 68.8 cm³/mol. The molecule has 1 aromatic heterocycles. The fourth-order valence-corrected chi connectivity index (χ4v) is 2.51. The summed E-state index contributed by atoms with van der Waals surface area (Å²) < 4.78 is 0. The molecule has 4 heteroatoms. The smallest absolute Gasteiger partial charge is 0.0900 e. The van der Waals surface area contributed by atoms with Crippen molar-refractivity contribution in [2.75, 3.05) is 6.54 Å². The van der Waals surface area contributed by atoms with Gasteiger partial charge in [-0.25, -0.2) is 4.98 Å². The molecule has 1 heterocycles. The maximum absolute atomic E-state index is 9.39. The van der Waals surface area contributed by atoms with E-state index in [1.165, 1.54) is 4.88 Å². The van der Waals surface area contributed by atoms with Gasteiger partial charge in [0, 0.05) is 11.4 Å². The molecule has 1 atom stereocenters. The van der Waals surface area contributed by atoms with Gasteiger partial charge in [0.1, 0.15) is 0 Å². The quantitative estimate of drug-likeness (QED) is 0.722. The highest BCUT2D eigenvalue weighted by Crippen LogP contribution is 2.16. The Morgan fingerprint density at radius 1 is 1.44 bits per heavy atom. The summed E-state index contributed by atoms with van der Waals surface area (Å²) in [5.41, 5.74) is 1.14. The van der Waals surface area contributed by atoms with E-state index in [1.807, 2.05) is 13.8 Å². The number of aryl methyl sites for hydroxylation is 2. The second kappa shape index (κ2) is 6.99. The van der Waals surface area contributed by atoms with E-state index in [4.69, 9.17) is 0 Å². The lowest BCUT2D eigenvalue weighted by atomic mass is 10.1. The van der Waals surface area contributed by atoms with Crippen molar-refractivity contribution in [2.45, 2.75) is 52.7 Å². The van der Waals surface area contributed by atoms with Crippen LogP contribution in [-0.4, -0.2) is 22.7 Å². The Kier molecular flexibility index (Phi) is 5.95. The zero-order valence-electron chi connectivity index (χ0n) is 10.4. The van der Waals surface area contributed by atoms with Gasteiger partial charge in [-0.05, 0) is 39.7 Å². The molecule has 1 aromatic rings. The minimum absolute atomic E-state index is 0.130.